The van der Waals surface area contributed by atoms with Crippen LogP contribution in [-0.2, 0) is 66.4 Å². The number of methoxy groups -OCH3 is 1. The molecule has 0 spiro atoms. The third-order valence-electron chi connectivity index (χ3n) is 5.87. The molecule has 0 heterocycles. The summed E-state index contributed by atoms with van der Waals surface area (Å²) in [6.45, 7) is 16.7. The summed E-state index contributed by atoms with van der Waals surface area (Å²) in [6, 6.07) is 0. The van der Waals surface area contributed by atoms with Crippen LogP contribution in [0.2, 0.25) is 0 Å². The van der Waals surface area contributed by atoms with Crippen LogP contribution in [0.15, 0.2) is 0 Å². The van der Waals surface area contributed by atoms with Gasteiger partial charge in [0.25, 0.3) is 0 Å². The molecule has 14 heteroatoms. The maximum Gasteiger partial charge on any atom is 0.307 e. The molecule has 45 heavy (non-hydrogen) atoms. The van der Waals surface area contributed by atoms with E-state index in [0.29, 0.717) is 158 Å². The summed E-state index contributed by atoms with van der Waals surface area (Å²) in [5.41, 5.74) is 0. The molecule has 0 radical (unpaired) electrons. The van der Waals surface area contributed by atoms with E-state index in [0.717, 1.165) is 13.0 Å². The number of ether oxygens (including phenoxy) is 13. The Morgan fingerprint density at radius 3 is 0.844 bits per heavy atom. The molecule has 0 aliphatic rings. The largest absolute Gasteiger partial charge is 0.469 e. The van der Waals surface area contributed by atoms with Crippen molar-refractivity contribution in [3.63, 3.8) is 0 Å². The normalized spacial score (nSPS) is 12.2. The Morgan fingerprint density at radius 1 is 0.400 bits per heavy atom. The van der Waals surface area contributed by atoms with Crippen LogP contribution in [0.3, 0.4) is 0 Å². The van der Waals surface area contributed by atoms with E-state index in [9.17, 15) is 4.79 Å². The molecule has 1 atom stereocenters. The average molecular weight is 659 g/mol. The summed E-state index contributed by atoms with van der Waals surface area (Å²) >= 11 is 0. The van der Waals surface area contributed by atoms with E-state index in [1.165, 1.54) is 7.11 Å². The van der Waals surface area contributed by atoms with Crippen LogP contribution in [0.25, 0.3) is 0 Å². The van der Waals surface area contributed by atoms with E-state index in [2.05, 4.69) is 18.6 Å². The zero-order chi connectivity index (χ0) is 32.7. The molecule has 0 amide bonds. The van der Waals surface area contributed by atoms with Crippen LogP contribution < -0.4 is 0 Å². The van der Waals surface area contributed by atoms with Crippen LogP contribution in [0.4, 0.5) is 0 Å². The number of carbonyl (C=O) groups excluding carboxylic acids is 1. The predicted octanol–water partition coefficient (Wildman–Crippen LogP) is 1.79. The maximum atomic E-state index is 10.9. The summed E-state index contributed by atoms with van der Waals surface area (Å²) in [5.74, 6) is 0.309. The van der Waals surface area contributed by atoms with E-state index in [1.54, 1.807) is 0 Å². The summed E-state index contributed by atoms with van der Waals surface area (Å²) in [6.07, 6.45) is 1.38. The second-order valence-electron chi connectivity index (χ2n) is 9.65. The van der Waals surface area contributed by atoms with Crippen LogP contribution in [0, 0.1) is 5.92 Å². The number of rotatable bonds is 39. The van der Waals surface area contributed by atoms with E-state index < -0.39 is 0 Å². The lowest BCUT2D eigenvalue weighted by atomic mass is 10.1. The topological polar surface area (TPSA) is 137 Å². The molecule has 0 rings (SSSR count). The van der Waals surface area contributed by atoms with Crippen molar-refractivity contribution in [2.75, 3.05) is 166 Å². The van der Waals surface area contributed by atoms with Gasteiger partial charge in [0.15, 0.2) is 0 Å². The lowest BCUT2D eigenvalue weighted by Gasteiger charge is -2.10. The molecule has 0 saturated carbocycles. The maximum absolute atomic E-state index is 10.9. The predicted molar refractivity (Wildman–Crippen MR) is 166 cm³/mol. The molecule has 1 unspecified atom stereocenters. The molecule has 0 aliphatic carbocycles. The van der Waals surface area contributed by atoms with Crippen LogP contribution in [0.5, 0.6) is 0 Å². The van der Waals surface area contributed by atoms with E-state index in [4.69, 9.17) is 56.8 Å². The summed E-state index contributed by atoms with van der Waals surface area (Å²) in [4.78, 5) is 10.9. The summed E-state index contributed by atoms with van der Waals surface area (Å²) in [7, 11) is 1.35. The zero-order valence-corrected chi connectivity index (χ0v) is 28.2. The van der Waals surface area contributed by atoms with Crippen molar-refractivity contribution in [1.82, 2.24) is 0 Å². The first-order valence-electron chi connectivity index (χ1n) is 16.2. The third kappa shape index (κ3) is 39.1. The minimum Gasteiger partial charge on any atom is -0.469 e. The standard InChI is InChI=1S/C31H62O14/c1-4-30(2)29-45-28-27-44-26-25-43-24-23-42-22-21-41-20-19-40-18-17-39-16-15-38-14-13-37-12-11-36-10-9-35-8-7-34-6-5-31(32)33-3/h30H,4-29H2,1-3H3. The van der Waals surface area contributed by atoms with Gasteiger partial charge in [0, 0.05) is 6.61 Å². The van der Waals surface area contributed by atoms with Gasteiger partial charge in [-0.1, -0.05) is 20.3 Å². The highest BCUT2D eigenvalue weighted by molar-refractivity contribution is 5.69. The Balaban J connectivity index is 3.06. The van der Waals surface area contributed by atoms with Crippen molar-refractivity contribution in [3.05, 3.63) is 0 Å². The highest BCUT2D eigenvalue weighted by Gasteiger charge is 2.00. The summed E-state index contributed by atoms with van der Waals surface area (Å²) in [5, 5.41) is 0. The average Bonchev–Trinajstić information content (AvgIpc) is 3.05. The Kier molecular flexibility index (Phi) is 38.3. The lowest BCUT2D eigenvalue weighted by molar-refractivity contribution is -0.141. The Morgan fingerprint density at radius 2 is 0.622 bits per heavy atom. The zero-order valence-electron chi connectivity index (χ0n) is 28.2. The molecular formula is C31H62O14. The molecule has 0 aliphatic heterocycles. The molecule has 0 fully saturated rings. The summed E-state index contributed by atoms with van der Waals surface area (Å²) < 4.78 is 69.8. The van der Waals surface area contributed by atoms with E-state index in [1.807, 2.05) is 0 Å². The molecular weight excluding hydrogens is 596 g/mol. The van der Waals surface area contributed by atoms with E-state index in [-0.39, 0.29) is 12.4 Å². The first kappa shape index (κ1) is 44.0. The van der Waals surface area contributed by atoms with Gasteiger partial charge < -0.3 is 61.6 Å². The molecule has 14 nitrogen and oxygen atoms in total. The van der Waals surface area contributed by atoms with Gasteiger partial charge in [-0.05, 0) is 5.92 Å². The van der Waals surface area contributed by atoms with Gasteiger partial charge in [0.05, 0.1) is 165 Å². The van der Waals surface area contributed by atoms with Crippen molar-refractivity contribution in [2.24, 2.45) is 5.92 Å². The van der Waals surface area contributed by atoms with Gasteiger partial charge >= 0.3 is 5.97 Å². The number of carbonyl (C=O) groups is 1. The van der Waals surface area contributed by atoms with Gasteiger partial charge in [-0.15, -0.1) is 0 Å². The minimum absolute atomic E-state index is 0.245. The lowest BCUT2D eigenvalue weighted by Crippen LogP contribution is -2.15. The molecule has 0 aromatic carbocycles. The van der Waals surface area contributed by atoms with Crippen LogP contribution >= 0.6 is 0 Å². The third-order valence-corrected chi connectivity index (χ3v) is 5.87. The minimum atomic E-state index is -0.285. The number of esters is 1. The van der Waals surface area contributed by atoms with Gasteiger partial charge in [-0.25, -0.2) is 0 Å². The van der Waals surface area contributed by atoms with Gasteiger partial charge in [0.1, 0.15) is 0 Å². The quantitative estimate of drug-likeness (QED) is 0.0701. The first-order valence-corrected chi connectivity index (χ1v) is 16.2. The van der Waals surface area contributed by atoms with Crippen molar-refractivity contribution in [1.29, 1.82) is 0 Å². The Labute approximate surface area is 270 Å². The highest BCUT2D eigenvalue weighted by atomic mass is 16.6. The molecule has 0 saturated heterocycles. The van der Waals surface area contributed by atoms with E-state index >= 15 is 0 Å². The molecule has 270 valence electrons. The molecule has 0 bridgehead atoms. The van der Waals surface area contributed by atoms with Crippen molar-refractivity contribution >= 4 is 5.97 Å². The van der Waals surface area contributed by atoms with Crippen LogP contribution in [0.1, 0.15) is 26.7 Å². The SMILES string of the molecule is CCC(C)COCCOCCOCCOCCOCCOCCOCCOCCOCCOCCOCCOCCC(=O)OC. The first-order chi connectivity index (χ1) is 22.2. The Hall–Kier alpha value is -1.01. The molecule has 0 aromatic rings. The fourth-order valence-electron chi connectivity index (χ4n) is 3.08. The second kappa shape index (κ2) is 39.2. The number of hydrogen-bond donors (Lipinski definition) is 0. The van der Waals surface area contributed by atoms with Crippen molar-refractivity contribution < 1.29 is 66.4 Å². The monoisotopic (exact) mass is 658 g/mol. The number of hydrogen-bond acceptors (Lipinski definition) is 14. The fourth-order valence-corrected chi connectivity index (χ4v) is 3.08. The second-order valence-corrected chi connectivity index (χ2v) is 9.65. The molecule has 0 N–H and O–H groups in total. The van der Waals surface area contributed by atoms with Crippen molar-refractivity contribution in [3.8, 4) is 0 Å². The smallest absolute Gasteiger partial charge is 0.307 e. The Bertz CT molecular complexity index is 572. The molecule has 0 aromatic heterocycles. The van der Waals surface area contributed by atoms with Gasteiger partial charge in [0.2, 0.25) is 0 Å². The van der Waals surface area contributed by atoms with Gasteiger partial charge in [-0.3, -0.25) is 4.79 Å². The fraction of sp³-hybridized carbons (Fsp3) is 0.968. The van der Waals surface area contributed by atoms with Gasteiger partial charge in [-0.2, -0.15) is 0 Å². The van der Waals surface area contributed by atoms with Crippen molar-refractivity contribution in [2.45, 2.75) is 26.7 Å². The van der Waals surface area contributed by atoms with Crippen LogP contribution in [-0.4, -0.2) is 172 Å². The highest BCUT2D eigenvalue weighted by Crippen LogP contribution is 2.00.